The summed E-state index contributed by atoms with van der Waals surface area (Å²) in [4.78, 5) is 24.7. The van der Waals surface area contributed by atoms with E-state index in [1.807, 2.05) is 0 Å². The van der Waals surface area contributed by atoms with Crippen molar-refractivity contribution in [1.29, 1.82) is 0 Å². The summed E-state index contributed by atoms with van der Waals surface area (Å²) >= 11 is 0. The molecule has 1 atom stereocenters. The van der Waals surface area contributed by atoms with Crippen LogP contribution in [0, 0.1) is 0 Å². The summed E-state index contributed by atoms with van der Waals surface area (Å²) in [7, 11) is 0. The number of ether oxygens (including phenoxy) is 2. The van der Waals surface area contributed by atoms with Crippen molar-refractivity contribution in [3.05, 3.63) is 146 Å². The molecule has 92 heavy (non-hydrogen) atoms. The van der Waals surface area contributed by atoms with Gasteiger partial charge >= 0.3 is 11.9 Å². The maximum atomic E-state index is 12.4. The van der Waals surface area contributed by atoms with Gasteiger partial charge in [-0.05, 0) is 116 Å². The molecule has 0 aromatic carbocycles. The number of carbonyl (C=O) groups is 2. The second-order valence-corrected chi connectivity index (χ2v) is 26.0. The lowest BCUT2D eigenvalue weighted by Gasteiger charge is -2.15. The number of aliphatic hydroxyl groups excluding tert-OH is 1. The van der Waals surface area contributed by atoms with E-state index in [0.29, 0.717) is 12.8 Å². The smallest absolute Gasteiger partial charge is 0.306 e. The minimum Gasteiger partial charge on any atom is -0.462 e. The molecule has 526 valence electrons. The summed E-state index contributed by atoms with van der Waals surface area (Å²) in [5, 5.41) is 9.73. The van der Waals surface area contributed by atoms with Gasteiger partial charge in [0.25, 0.3) is 0 Å². The maximum Gasteiger partial charge on any atom is 0.306 e. The van der Waals surface area contributed by atoms with Gasteiger partial charge in [0.2, 0.25) is 0 Å². The molecule has 0 amide bonds. The predicted octanol–water partition coefficient (Wildman–Crippen LogP) is 28.0. The van der Waals surface area contributed by atoms with Crippen molar-refractivity contribution < 1.29 is 24.2 Å². The van der Waals surface area contributed by atoms with Gasteiger partial charge < -0.3 is 14.6 Å². The van der Waals surface area contributed by atoms with Crippen molar-refractivity contribution in [3.63, 3.8) is 0 Å². The lowest BCUT2D eigenvalue weighted by atomic mass is 10.0. The zero-order valence-electron chi connectivity index (χ0n) is 60.5. The molecular formula is C87H148O5. The van der Waals surface area contributed by atoms with E-state index >= 15 is 0 Å². The van der Waals surface area contributed by atoms with Crippen molar-refractivity contribution in [1.82, 2.24) is 0 Å². The molecule has 0 aromatic heterocycles. The molecule has 1 N–H and O–H groups in total. The van der Waals surface area contributed by atoms with Gasteiger partial charge in [0.15, 0.2) is 6.10 Å². The van der Waals surface area contributed by atoms with Crippen molar-refractivity contribution in [2.45, 2.75) is 380 Å². The van der Waals surface area contributed by atoms with Crippen LogP contribution < -0.4 is 0 Å². The van der Waals surface area contributed by atoms with Crippen LogP contribution >= 0.6 is 0 Å². The third-order valence-electron chi connectivity index (χ3n) is 17.1. The van der Waals surface area contributed by atoms with Crippen LogP contribution in [-0.2, 0) is 19.1 Å². The average molecular weight is 1270 g/mol. The molecule has 0 fully saturated rings. The van der Waals surface area contributed by atoms with Crippen molar-refractivity contribution in [3.8, 4) is 0 Å². The van der Waals surface area contributed by atoms with Crippen LogP contribution in [0.15, 0.2) is 146 Å². The zero-order valence-corrected chi connectivity index (χ0v) is 60.5. The highest BCUT2D eigenvalue weighted by molar-refractivity contribution is 5.70. The van der Waals surface area contributed by atoms with Crippen LogP contribution in [0.5, 0.6) is 0 Å². The van der Waals surface area contributed by atoms with Crippen LogP contribution in [0.25, 0.3) is 0 Å². The predicted molar refractivity (Wildman–Crippen MR) is 408 cm³/mol. The highest BCUT2D eigenvalue weighted by Gasteiger charge is 2.16. The SMILES string of the molecule is CC/C=C\C/C=C\C/C=C\C/C=C\C/C=C\C/C=C\C/C=C\CCCCCCCCCCCCCCCCCCCCCC(=O)OC(CO)COC(=O)CCCCCCCCCCCCCCCCCCCCCCC/C=C\C/C=C\C/C=C\C/C=C\C/C=C\CC. The van der Waals surface area contributed by atoms with E-state index in [1.165, 1.54) is 231 Å². The molecule has 0 rings (SSSR count). The van der Waals surface area contributed by atoms with Gasteiger partial charge in [0.05, 0.1) is 6.61 Å². The quantitative estimate of drug-likeness (QED) is 0.0373. The Labute approximate surface area is 571 Å². The van der Waals surface area contributed by atoms with E-state index in [4.69, 9.17) is 9.47 Å². The van der Waals surface area contributed by atoms with E-state index in [1.54, 1.807) is 0 Å². The maximum absolute atomic E-state index is 12.4. The Morgan fingerprint density at radius 1 is 0.250 bits per heavy atom. The van der Waals surface area contributed by atoms with Crippen LogP contribution in [0.1, 0.15) is 373 Å². The van der Waals surface area contributed by atoms with Crippen LogP contribution in [-0.4, -0.2) is 36.4 Å². The van der Waals surface area contributed by atoms with Gasteiger partial charge in [-0.25, -0.2) is 0 Å². The molecule has 0 bridgehead atoms. The minimum atomic E-state index is -0.778. The first-order valence-corrected chi connectivity index (χ1v) is 39.4. The van der Waals surface area contributed by atoms with Crippen LogP contribution in [0.4, 0.5) is 0 Å². The topological polar surface area (TPSA) is 72.8 Å². The number of hydrogen-bond acceptors (Lipinski definition) is 5. The number of hydrogen-bond donors (Lipinski definition) is 1. The Bertz CT molecular complexity index is 1880. The van der Waals surface area contributed by atoms with Gasteiger partial charge in [-0.3, -0.25) is 9.59 Å². The molecule has 1 unspecified atom stereocenters. The van der Waals surface area contributed by atoms with Gasteiger partial charge in [0.1, 0.15) is 6.61 Å². The molecule has 0 spiro atoms. The number of unbranched alkanes of at least 4 members (excludes halogenated alkanes) is 40. The third-order valence-corrected chi connectivity index (χ3v) is 17.1. The van der Waals surface area contributed by atoms with Crippen molar-refractivity contribution in [2.24, 2.45) is 0 Å². The summed E-state index contributed by atoms with van der Waals surface area (Å²) in [5.74, 6) is -0.576. The van der Waals surface area contributed by atoms with Gasteiger partial charge in [-0.15, -0.1) is 0 Å². The average Bonchev–Trinajstić information content (AvgIpc) is 3.64. The fraction of sp³-hybridized carbons (Fsp3) is 0.701. The van der Waals surface area contributed by atoms with Gasteiger partial charge in [-0.1, -0.05) is 391 Å². The Morgan fingerprint density at radius 2 is 0.435 bits per heavy atom. The molecule has 0 aliphatic heterocycles. The second-order valence-electron chi connectivity index (χ2n) is 26.0. The lowest BCUT2D eigenvalue weighted by molar-refractivity contribution is -0.161. The molecule has 5 nitrogen and oxygen atoms in total. The fourth-order valence-electron chi connectivity index (χ4n) is 11.3. The molecule has 0 radical (unpaired) electrons. The summed E-state index contributed by atoms with van der Waals surface area (Å²) in [6, 6.07) is 0. The highest BCUT2D eigenvalue weighted by atomic mass is 16.6. The summed E-state index contributed by atoms with van der Waals surface area (Å²) in [5.41, 5.74) is 0. The van der Waals surface area contributed by atoms with Gasteiger partial charge in [-0.2, -0.15) is 0 Å². The fourth-order valence-corrected chi connectivity index (χ4v) is 11.3. The standard InChI is InChI=1S/C87H148O5/c1-3-5-7-9-11-13-15-17-19-21-23-25-27-29-31-33-35-37-39-41-42-43-44-46-48-50-52-54-56-58-60-62-64-66-68-70-72-74-76-78-80-82-87(90)92-85(83-88)84-91-86(89)81-79-77-75-73-71-69-67-65-63-61-59-57-55-53-51-49-47-45-40-38-36-34-32-30-28-26-24-22-20-18-16-14-12-10-8-6-4-2/h5-8,11-14,17-20,23-26,29-32,35,37,41-42,85,88H,3-4,9-10,15-16,21-22,27-28,33-34,36,38-40,43-84H2,1-2H3/b7-5-,8-6-,13-11-,14-12-,19-17-,20-18-,25-23-,26-24-,31-29-,32-30-,37-35-,42-41-. The van der Waals surface area contributed by atoms with E-state index < -0.39 is 6.10 Å². The summed E-state index contributed by atoms with van der Waals surface area (Å²) in [6.07, 6.45) is 122. The van der Waals surface area contributed by atoms with Crippen LogP contribution in [0.3, 0.4) is 0 Å². The Kier molecular flexibility index (Phi) is 77.3. The summed E-state index contributed by atoms with van der Waals surface area (Å²) < 4.78 is 10.8. The summed E-state index contributed by atoms with van der Waals surface area (Å²) in [6.45, 7) is 3.95. The first-order valence-electron chi connectivity index (χ1n) is 39.4. The lowest BCUT2D eigenvalue weighted by Crippen LogP contribution is -2.28. The number of carbonyl (C=O) groups excluding carboxylic acids is 2. The van der Waals surface area contributed by atoms with E-state index in [2.05, 4.69) is 160 Å². The molecule has 0 aliphatic carbocycles. The first kappa shape index (κ1) is 87.8. The highest BCUT2D eigenvalue weighted by Crippen LogP contribution is 2.19. The van der Waals surface area contributed by atoms with Crippen molar-refractivity contribution in [2.75, 3.05) is 13.2 Å². The van der Waals surface area contributed by atoms with E-state index in [-0.39, 0.29) is 25.2 Å². The molecule has 0 heterocycles. The molecule has 0 saturated carbocycles. The molecule has 0 aliphatic rings. The van der Waals surface area contributed by atoms with Crippen LogP contribution in [0.2, 0.25) is 0 Å². The first-order chi connectivity index (χ1) is 45.6. The number of rotatable bonds is 72. The largest absolute Gasteiger partial charge is 0.462 e. The molecule has 0 aromatic rings. The Balaban J connectivity index is 3.44. The van der Waals surface area contributed by atoms with Crippen molar-refractivity contribution >= 4 is 11.9 Å². The monoisotopic (exact) mass is 1270 g/mol. The number of esters is 2. The second kappa shape index (κ2) is 81.0. The molecule has 0 saturated heterocycles. The molecular weight excluding hydrogens is 1120 g/mol. The third kappa shape index (κ3) is 78.2. The zero-order chi connectivity index (χ0) is 66.1. The normalized spacial score (nSPS) is 13.0. The Morgan fingerprint density at radius 3 is 0.652 bits per heavy atom. The van der Waals surface area contributed by atoms with E-state index in [0.717, 1.165) is 116 Å². The van der Waals surface area contributed by atoms with Gasteiger partial charge in [0, 0.05) is 12.8 Å². The minimum absolute atomic E-state index is 0.0658. The Hall–Kier alpha value is -4.22. The molecule has 5 heteroatoms. The number of allylic oxidation sites excluding steroid dienone is 24. The van der Waals surface area contributed by atoms with E-state index in [9.17, 15) is 14.7 Å². The number of aliphatic hydroxyl groups is 1.